The minimum Gasteiger partial charge on any atom is -0.395 e. The zero-order chi connectivity index (χ0) is 11.1. The van der Waals surface area contributed by atoms with E-state index in [1.54, 1.807) is 0 Å². The Hall–Kier alpha value is -1.69. The molecule has 2 N–H and O–H groups in total. The lowest BCUT2D eigenvalue weighted by Crippen LogP contribution is -2.37. The third-order valence-corrected chi connectivity index (χ3v) is 1.84. The van der Waals surface area contributed by atoms with Gasteiger partial charge >= 0.3 is 6.03 Å². The van der Waals surface area contributed by atoms with Crippen LogP contribution in [0.3, 0.4) is 0 Å². The fourth-order valence-corrected chi connectivity index (χ4v) is 1.08. The zero-order valence-electron chi connectivity index (χ0n) is 8.55. The molecule has 0 saturated carbocycles. The molecule has 1 rings (SSSR count). The maximum Gasteiger partial charge on any atom is 0.323 e. The number of hydrogen-bond acceptors (Lipinski definition) is 4. The first-order valence-corrected chi connectivity index (χ1v) is 4.70. The molecule has 0 spiro atoms. The molecule has 1 heterocycles. The predicted molar refractivity (Wildman–Crippen MR) is 55.4 cm³/mol. The lowest BCUT2D eigenvalue weighted by Gasteiger charge is -2.19. The van der Waals surface area contributed by atoms with Crippen molar-refractivity contribution in [2.24, 2.45) is 0 Å². The number of likely N-dealkylation sites (N-methyl/N-ethyl adjacent to an activating group) is 1. The average molecular weight is 210 g/mol. The van der Waals surface area contributed by atoms with Gasteiger partial charge in [0.15, 0.2) is 5.82 Å². The molecule has 0 unspecified atom stereocenters. The highest BCUT2D eigenvalue weighted by Crippen LogP contribution is 2.00. The van der Waals surface area contributed by atoms with Crippen molar-refractivity contribution in [3.05, 3.63) is 18.6 Å². The number of rotatable bonds is 4. The van der Waals surface area contributed by atoms with Crippen LogP contribution in [0.2, 0.25) is 0 Å². The number of carbonyl (C=O) groups is 1. The summed E-state index contributed by atoms with van der Waals surface area (Å²) in [6.07, 6.45) is 4.49. The van der Waals surface area contributed by atoms with E-state index >= 15 is 0 Å². The van der Waals surface area contributed by atoms with Gasteiger partial charge in [0.2, 0.25) is 0 Å². The second kappa shape index (κ2) is 5.92. The Kier molecular flexibility index (Phi) is 4.49. The number of amides is 2. The molecule has 0 aliphatic carbocycles. The largest absolute Gasteiger partial charge is 0.395 e. The number of hydrogen-bond donors (Lipinski definition) is 2. The Labute approximate surface area is 88.0 Å². The van der Waals surface area contributed by atoms with E-state index in [0.717, 1.165) is 0 Å². The number of aliphatic hydroxyl groups is 1. The molecule has 0 aliphatic rings. The summed E-state index contributed by atoms with van der Waals surface area (Å²) in [5.41, 5.74) is 0. The fraction of sp³-hybridized carbons (Fsp3) is 0.444. The molecule has 0 aliphatic heterocycles. The van der Waals surface area contributed by atoms with Gasteiger partial charge in [-0.15, -0.1) is 0 Å². The van der Waals surface area contributed by atoms with Crippen molar-refractivity contribution in [1.29, 1.82) is 0 Å². The van der Waals surface area contributed by atoms with Gasteiger partial charge in [-0.1, -0.05) is 0 Å². The van der Waals surface area contributed by atoms with E-state index < -0.39 is 0 Å². The van der Waals surface area contributed by atoms with E-state index in [1.807, 2.05) is 6.92 Å². The van der Waals surface area contributed by atoms with Crippen LogP contribution in [-0.2, 0) is 0 Å². The van der Waals surface area contributed by atoms with E-state index in [0.29, 0.717) is 18.9 Å². The summed E-state index contributed by atoms with van der Waals surface area (Å²) in [7, 11) is 0. The van der Waals surface area contributed by atoms with E-state index in [-0.39, 0.29) is 12.6 Å². The molecule has 0 saturated heterocycles. The number of anilines is 1. The minimum absolute atomic E-state index is 0.0538. The van der Waals surface area contributed by atoms with Gasteiger partial charge in [0, 0.05) is 25.5 Å². The number of carbonyl (C=O) groups excluding carboxylic acids is 1. The Balaban J connectivity index is 2.54. The SMILES string of the molecule is CCN(CCO)C(=O)Nc1cnccn1. The third-order valence-electron chi connectivity index (χ3n) is 1.84. The molecular weight excluding hydrogens is 196 g/mol. The molecule has 2 amide bonds. The molecule has 82 valence electrons. The molecule has 0 bridgehead atoms. The molecular formula is C9H14N4O2. The number of nitrogens with one attached hydrogen (secondary N) is 1. The van der Waals surface area contributed by atoms with Crippen molar-refractivity contribution < 1.29 is 9.90 Å². The number of aromatic nitrogens is 2. The quantitative estimate of drug-likeness (QED) is 0.750. The van der Waals surface area contributed by atoms with Gasteiger partial charge in [-0.3, -0.25) is 10.3 Å². The second-order valence-electron chi connectivity index (χ2n) is 2.82. The van der Waals surface area contributed by atoms with E-state index in [9.17, 15) is 4.79 Å². The molecule has 0 aromatic carbocycles. The number of aliphatic hydroxyl groups excluding tert-OH is 1. The highest BCUT2D eigenvalue weighted by atomic mass is 16.3. The van der Waals surface area contributed by atoms with Crippen LogP contribution in [-0.4, -0.2) is 45.7 Å². The summed E-state index contributed by atoms with van der Waals surface area (Å²) in [5.74, 6) is 0.402. The molecule has 0 fully saturated rings. The minimum atomic E-state index is -0.285. The number of nitrogens with zero attached hydrogens (tertiary/aromatic N) is 3. The van der Waals surface area contributed by atoms with Crippen LogP contribution in [0, 0.1) is 0 Å². The second-order valence-corrected chi connectivity index (χ2v) is 2.82. The first-order valence-electron chi connectivity index (χ1n) is 4.70. The molecule has 6 heteroatoms. The van der Waals surface area contributed by atoms with Gasteiger partial charge < -0.3 is 10.0 Å². The van der Waals surface area contributed by atoms with Crippen molar-refractivity contribution in [3.8, 4) is 0 Å². The molecule has 0 atom stereocenters. The van der Waals surface area contributed by atoms with Crippen LogP contribution >= 0.6 is 0 Å². The maximum atomic E-state index is 11.6. The lowest BCUT2D eigenvalue weighted by atomic mass is 10.5. The summed E-state index contributed by atoms with van der Waals surface area (Å²) in [5, 5.41) is 11.3. The Bertz CT molecular complexity index is 304. The normalized spacial score (nSPS) is 9.73. The van der Waals surface area contributed by atoms with Gasteiger partial charge in [0.1, 0.15) is 0 Å². The van der Waals surface area contributed by atoms with E-state index in [1.165, 1.54) is 23.5 Å². The van der Waals surface area contributed by atoms with Crippen LogP contribution in [0.25, 0.3) is 0 Å². The van der Waals surface area contributed by atoms with Gasteiger partial charge in [-0.2, -0.15) is 0 Å². The van der Waals surface area contributed by atoms with Gasteiger partial charge in [-0.25, -0.2) is 9.78 Å². The molecule has 0 radical (unpaired) electrons. The van der Waals surface area contributed by atoms with Crippen LogP contribution in [0.1, 0.15) is 6.92 Å². The summed E-state index contributed by atoms with van der Waals surface area (Å²) in [6, 6.07) is -0.285. The van der Waals surface area contributed by atoms with E-state index in [2.05, 4.69) is 15.3 Å². The standard InChI is InChI=1S/C9H14N4O2/c1-2-13(5-6-14)9(15)12-8-7-10-3-4-11-8/h3-4,7,14H,2,5-6H2,1H3,(H,11,12,15). The first kappa shape index (κ1) is 11.4. The molecule has 1 aromatic heterocycles. The first-order chi connectivity index (χ1) is 7.27. The van der Waals surface area contributed by atoms with Crippen molar-refractivity contribution in [2.45, 2.75) is 6.92 Å². The zero-order valence-corrected chi connectivity index (χ0v) is 8.55. The van der Waals surface area contributed by atoms with Crippen LogP contribution < -0.4 is 5.32 Å². The highest BCUT2D eigenvalue weighted by molar-refractivity contribution is 5.88. The van der Waals surface area contributed by atoms with Crippen LogP contribution in [0.5, 0.6) is 0 Å². The smallest absolute Gasteiger partial charge is 0.323 e. The van der Waals surface area contributed by atoms with Gasteiger partial charge in [-0.05, 0) is 6.92 Å². The fourth-order valence-electron chi connectivity index (χ4n) is 1.08. The Morgan fingerprint density at radius 3 is 2.93 bits per heavy atom. The molecule has 6 nitrogen and oxygen atoms in total. The summed E-state index contributed by atoms with van der Waals surface area (Å²) in [6.45, 7) is 2.63. The Morgan fingerprint density at radius 1 is 1.60 bits per heavy atom. The third kappa shape index (κ3) is 3.51. The predicted octanol–water partition coefficient (Wildman–Crippen LogP) is 0.323. The van der Waals surface area contributed by atoms with E-state index in [4.69, 9.17) is 5.11 Å². The van der Waals surface area contributed by atoms with Gasteiger partial charge in [0.25, 0.3) is 0 Å². The monoisotopic (exact) mass is 210 g/mol. The molecule has 15 heavy (non-hydrogen) atoms. The van der Waals surface area contributed by atoms with Crippen molar-refractivity contribution in [2.75, 3.05) is 25.0 Å². The summed E-state index contributed by atoms with van der Waals surface area (Å²) in [4.78, 5) is 20.8. The lowest BCUT2D eigenvalue weighted by molar-refractivity contribution is 0.192. The van der Waals surface area contributed by atoms with Crippen LogP contribution in [0.15, 0.2) is 18.6 Å². The Morgan fingerprint density at radius 2 is 2.40 bits per heavy atom. The summed E-state index contributed by atoms with van der Waals surface area (Å²) < 4.78 is 0. The van der Waals surface area contributed by atoms with Crippen molar-refractivity contribution in [3.63, 3.8) is 0 Å². The summed E-state index contributed by atoms with van der Waals surface area (Å²) >= 11 is 0. The highest BCUT2D eigenvalue weighted by Gasteiger charge is 2.10. The number of urea groups is 1. The topological polar surface area (TPSA) is 78.4 Å². The van der Waals surface area contributed by atoms with Crippen molar-refractivity contribution in [1.82, 2.24) is 14.9 Å². The van der Waals surface area contributed by atoms with Gasteiger partial charge in [0.05, 0.1) is 12.8 Å². The van der Waals surface area contributed by atoms with Crippen LogP contribution in [0.4, 0.5) is 10.6 Å². The maximum absolute atomic E-state index is 11.6. The average Bonchev–Trinajstić information content (AvgIpc) is 2.27. The molecule has 1 aromatic rings. The van der Waals surface area contributed by atoms with Crippen molar-refractivity contribution >= 4 is 11.8 Å².